The van der Waals surface area contributed by atoms with Crippen molar-refractivity contribution >= 4 is 12.0 Å². The van der Waals surface area contributed by atoms with E-state index in [1.54, 1.807) is 12.1 Å². The van der Waals surface area contributed by atoms with Gasteiger partial charge in [0.05, 0.1) is 6.54 Å². The van der Waals surface area contributed by atoms with Gasteiger partial charge in [-0.05, 0) is 23.8 Å². The Morgan fingerprint density at radius 3 is 3.12 bits per heavy atom. The van der Waals surface area contributed by atoms with Gasteiger partial charge in [-0.25, -0.2) is 0 Å². The van der Waals surface area contributed by atoms with Crippen LogP contribution in [0.15, 0.2) is 24.3 Å². The number of carbonyl (C=O) groups is 1. The summed E-state index contributed by atoms with van der Waals surface area (Å²) < 4.78 is 10.4. The Balaban J connectivity index is 2.02. The molecule has 1 aliphatic heterocycles. The molecule has 1 amide bonds. The van der Waals surface area contributed by atoms with Crippen molar-refractivity contribution < 1.29 is 14.3 Å². The number of rotatable bonds is 3. The Labute approximate surface area is 99.2 Å². The number of ether oxygens (including phenoxy) is 2. The standard InChI is InChI=1S/C13H11NO3/c1-2-7-14-13(15)6-4-10-3-5-11-12(8-10)17-9-16-11/h1,3-6,8H,7,9H2,(H,14,15)/b6-4-. The lowest BCUT2D eigenvalue weighted by atomic mass is 10.2. The van der Waals surface area contributed by atoms with Gasteiger partial charge in [-0.3, -0.25) is 4.79 Å². The average Bonchev–Trinajstić information content (AvgIpc) is 2.81. The van der Waals surface area contributed by atoms with E-state index in [2.05, 4.69) is 11.2 Å². The number of fused-ring (bicyclic) bond motifs is 1. The average molecular weight is 229 g/mol. The summed E-state index contributed by atoms with van der Waals surface area (Å²) in [4.78, 5) is 11.3. The van der Waals surface area contributed by atoms with Crippen LogP contribution in [0.1, 0.15) is 5.56 Å². The lowest BCUT2D eigenvalue weighted by Crippen LogP contribution is -2.20. The van der Waals surface area contributed by atoms with Gasteiger partial charge in [0.1, 0.15) is 0 Å². The van der Waals surface area contributed by atoms with E-state index in [1.807, 2.05) is 12.1 Å². The third-order valence-corrected chi connectivity index (χ3v) is 2.19. The Kier molecular flexibility index (Phi) is 3.31. The van der Waals surface area contributed by atoms with Crippen LogP contribution in [0.25, 0.3) is 6.08 Å². The largest absolute Gasteiger partial charge is 0.454 e. The van der Waals surface area contributed by atoms with Crippen molar-refractivity contribution in [2.45, 2.75) is 0 Å². The highest BCUT2D eigenvalue weighted by Crippen LogP contribution is 2.32. The van der Waals surface area contributed by atoms with Gasteiger partial charge in [0.15, 0.2) is 11.5 Å². The van der Waals surface area contributed by atoms with Crippen molar-refractivity contribution in [2.24, 2.45) is 0 Å². The SMILES string of the molecule is C#CCNC(=O)/C=C\c1ccc2c(c1)OCO2. The number of amides is 1. The van der Waals surface area contributed by atoms with Crippen LogP contribution in [0, 0.1) is 12.3 Å². The minimum Gasteiger partial charge on any atom is -0.454 e. The van der Waals surface area contributed by atoms with Crippen LogP contribution < -0.4 is 14.8 Å². The first-order chi connectivity index (χ1) is 8.29. The number of benzene rings is 1. The molecule has 86 valence electrons. The van der Waals surface area contributed by atoms with Gasteiger partial charge in [0, 0.05) is 6.08 Å². The maximum atomic E-state index is 11.3. The smallest absolute Gasteiger partial charge is 0.244 e. The van der Waals surface area contributed by atoms with Crippen LogP contribution in [0.5, 0.6) is 11.5 Å². The third-order valence-electron chi connectivity index (χ3n) is 2.19. The van der Waals surface area contributed by atoms with Gasteiger partial charge in [0.25, 0.3) is 0 Å². The number of hydrogen-bond acceptors (Lipinski definition) is 3. The fourth-order valence-corrected chi connectivity index (χ4v) is 1.39. The van der Waals surface area contributed by atoms with Crippen molar-refractivity contribution in [1.29, 1.82) is 0 Å². The summed E-state index contributed by atoms with van der Waals surface area (Å²) in [6, 6.07) is 5.47. The molecule has 2 rings (SSSR count). The highest BCUT2D eigenvalue weighted by molar-refractivity contribution is 5.91. The van der Waals surface area contributed by atoms with Gasteiger partial charge in [-0.15, -0.1) is 6.42 Å². The van der Waals surface area contributed by atoms with Crippen LogP contribution in [0.3, 0.4) is 0 Å². The molecule has 4 heteroatoms. The molecule has 0 unspecified atom stereocenters. The fraction of sp³-hybridized carbons (Fsp3) is 0.154. The molecule has 0 atom stereocenters. The quantitative estimate of drug-likeness (QED) is 0.625. The Hall–Kier alpha value is -2.41. The second-order valence-corrected chi connectivity index (χ2v) is 3.37. The number of carbonyl (C=O) groups excluding carboxylic acids is 1. The normalized spacial score (nSPS) is 12.4. The molecule has 1 aromatic rings. The second kappa shape index (κ2) is 5.08. The first-order valence-electron chi connectivity index (χ1n) is 5.08. The van der Waals surface area contributed by atoms with Crippen molar-refractivity contribution in [3.8, 4) is 23.8 Å². The molecule has 1 aliphatic rings. The summed E-state index contributed by atoms with van der Waals surface area (Å²) >= 11 is 0. The van der Waals surface area contributed by atoms with E-state index >= 15 is 0 Å². The molecule has 1 N–H and O–H groups in total. The summed E-state index contributed by atoms with van der Waals surface area (Å²) in [7, 11) is 0. The molecular weight excluding hydrogens is 218 g/mol. The monoisotopic (exact) mass is 229 g/mol. The molecule has 0 saturated carbocycles. The lowest BCUT2D eigenvalue weighted by molar-refractivity contribution is -0.116. The Morgan fingerprint density at radius 1 is 1.47 bits per heavy atom. The maximum Gasteiger partial charge on any atom is 0.244 e. The maximum absolute atomic E-state index is 11.3. The molecule has 1 heterocycles. The fourth-order valence-electron chi connectivity index (χ4n) is 1.39. The molecule has 0 spiro atoms. The number of terminal acetylenes is 1. The topological polar surface area (TPSA) is 47.6 Å². The van der Waals surface area contributed by atoms with E-state index in [0.29, 0.717) is 5.75 Å². The van der Waals surface area contributed by atoms with E-state index in [9.17, 15) is 4.79 Å². The summed E-state index contributed by atoms with van der Waals surface area (Å²) in [6.45, 7) is 0.468. The van der Waals surface area contributed by atoms with Crippen molar-refractivity contribution in [3.05, 3.63) is 29.8 Å². The van der Waals surface area contributed by atoms with E-state index in [-0.39, 0.29) is 19.2 Å². The first-order valence-corrected chi connectivity index (χ1v) is 5.08. The summed E-state index contributed by atoms with van der Waals surface area (Å²) in [6.07, 6.45) is 8.14. The van der Waals surface area contributed by atoms with Gasteiger partial charge >= 0.3 is 0 Å². The predicted octanol–water partition coefficient (Wildman–Crippen LogP) is 1.18. The summed E-state index contributed by atoms with van der Waals surface area (Å²) in [5, 5.41) is 2.54. The summed E-state index contributed by atoms with van der Waals surface area (Å²) in [5.74, 6) is 3.52. The van der Waals surface area contributed by atoms with E-state index in [4.69, 9.17) is 15.9 Å². The van der Waals surface area contributed by atoms with Gasteiger partial charge in [0.2, 0.25) is 12.7 Å². The zero-order chi connectivity index (χ0) is 12.1. The Morgan fingerprint density at radius 2 is 2.29 bits per heavy atom. The molecular formula is C13H11NO3. The van der Waals surface area contributed by atoms with Crippen LogP contribution in [0.2, 0.25) is 0 Å². The Bertz CT molecular complexity index is 500. The minimum atomic E-state index is -0.222. The molecule has 0 fully saturated rings. The number of nitrogens with one attached hydrogen (secondary N) is 1. The van der Waals surface area contributed by atoms with E-state index in [0.717, 1.165) is 11.3 Å². The zero-order valence-corrected chi connectivity index (χ0v) is 9.10. The van der Waals surface area contributed by atoms with Gasteiger partial charge < -0.3 is 14.8 Å². The number of hydrogen-bond donors (Lipinski definition) is 1. The molecule has 0 aliphatic carbocycles. The molecule has 0 aromatic heterocycles. The molecule has 0 bridgehead atoms. The van der Waals surface area contributed by atoms with Gasteiger partial charge in [-0.2, -0.15) is 0 Å². The van der Waals surface area contributed by atoms with Crippen molar-refractivity contribution in [2.75, 3.05) is 13.3 Å². The highest BCUT2D eigenvalue weighted by atomic mass is 16.7. The minimum absolute atomic E-state index is 0.222. The zero-order valence-electron chi connectivity index (χ0n) is 9.10. The summed E-state index contributed by atoms with van der Waals surface area (Å²) in [5.41, 5.74) is 0.866. The highest BCUT2D eigenvalue weighted by Gasteiger charge is 2.12. The lowest BCUT2D eigenvalue weighted by Gasteiger charge is -1.98. The predicted molar refractivity (Wildman–Crippen MR) is 63.4 cm³/mol. The molecule has 1 aromatic carbocycles. The van der Waals surface area contributed by atoms with E-state index < -0.39 is 0 Å². The molecule has 4 nitrogen and oxygen atoms in total. The molecule has 0 radical (unpaired) electrons. The third kappa shape index (κ3) is 2.79. The second-order valence-electron chi connectivity index (χ2n) is 3.37. The van der Waals surface area contributed by atoms with Crippen LogP contribution in [-0.4, -0.2) is 19.2 Å². The first kappa shape index (κ1) is 11.1. The van der Waals surface area contributed by atoms with Crippen LogP contribution in [-0.2, 0) is 4.79 Å². The van der Waals surface area contributed by atoms with Crippen LogP contribution >= 0.6 is 0 Å². The molecule has 0 saturated heterocycles. The van der Waals surface area contributed by atoms with Crippen LogP contribution in [0.4, 0.5) is 0 Å². The van der Waals surface area contributed by atoms with Crippen molar-refractivity contribution in [3.63, 3.8) is 0 Å². The molecule has 17 heavy (non-hydrogen) atoms. The van der Waals surface area contributed by atoms with E-state index in [1.165, 1.54) is 6.08 Å². The van der Waals surface area contributed by atoms with Gasteiger partial charge in [-0.1, -0.05) is 12.0 Å². The van der Waals surface area contributed by atoms with Crippen molar-refractivity contribution in [1.82, 2.24) is 5.32 Å².